The molecule has 2 rings (SSSR count). The van der Waals surface area contributed by atoms with Crippen molar-refractivity contribution in [2.75, 3.05) is 39.6 Å². The van der Waals surface area contributed by atoms with Crippen LogP contribution < -0.4 is 0 Å². The third kappa shape index (κ3) is 5.35. The lowest BCUT2D eigenvalue weighted by atomic mass is 10.1. The monoisotopic (exact) mass is 378 g/mol. The van der Waals surface area contributed by atoms with Crippen molar-refractivity contribution < 1.29 is 18.9 Å². The van der Waals surface area contributed by atoms with Gasteiger partial charge in [-0.05, 0) is 33.7 Å². The van der Waals surface area contributed by atoms with Gasteiger partial charge in [0.2, 0.25) is 0 Å². The first-order chi connectivity index (χ1) is 9.38. The number of benzene rings is 1. The zero-order chi connectivity index (χ0) is 13.3. The Kier molecular flexibility index (Phi) is 7.08. The SMILES string of the molecule is Ic1c2cccc1COCCOCCOCCOC2. The van der Waals surface area contributed by atoms with E-state index in [1.807, 2.05) is 6.07 Å². The standard InChI is InChI=1S/C14H19IO4/c15-14-12-2-1-3-13(14)11-19-9-7-17-5-4-16-6-8-18-10-12/h1-3H,4-11H2. The summed E-state index contributed by atoms with van der Waals surface area (Å²) in [4.78, 5) is 0. The molecule has 0 fully saturated rings. The maximum absolute atomic E-state index is 5.62. The number of rotatable bonds is 0. The van der Waals surface area contributed by atoms with Crippen molar-refractivity contribution in [1.82, 2.24) is 0 Å². The summed E-state index contributed by atoms with van der Waals surface area (Å²) in [7, 11) is 0. The van der Waals surface area contributed by atoms with Crippen LogP contribution >= 0.6 is 22.6 Å². The van der Waals surface area contributed by atoms with Crippen molar-refractivity contribution in [3.8, 4) is 0 Å². The van der Waals surface area contributed by atoms with Gasteiger partial charge in [-0.15, -0.1) is 0 Å². The Balaban J connectivity index is 1.97. The molecule has 0 saturated carbocycles. The third-order valence-corrected chi connectivity index (χ3v) is 4.18. The quantitative estimate of drug-likeness (QED) is 0.650. The summed E-state index contributed by atoms with van der Waals surface area (Å²) in [5, 5.41) is 0. The van der Waals surface area contributed by atoms with Crippen LogP contribution in [0.2, 0.25) is 0 Å². The Labute approximate surface area is 127 Å². The fraction of sp³-hybridized carbons (Fsp3) is 0.571. The number of hydrogen-bond acceptors (Lipinski definition) is 4. The van der Waals surface area contributed by atoms with Gasteiger partial charge in [0.1, 0.15) is 0 Å². The van der Waals surface area contributed by atoms with E-state index in [1.54, 1.807) is 0 Å². The van der Waals surface area contributed by atoms with Crippen LogP contribution in [0, 0.1) is 3.57 Å². The van der Waals surface area contributed by atoms with Crippen LogP contribution in [-0.4, -0.2) is 39.6 Å². The van der Waals surface area contributed by atoms with E-state index in [9.17, 15) is 0 Å². The van der Waals surface area contributed by atoms with Crippen LogP contribution in [0.5, 0.6) is 0 Å². The summed E-state index contributed by atoms with van der Waals surface area (Å²) in [6, 6.07) is 6.23. The minimum atomic E-state index is 0.606. The first kappa shape index (κ1) is 15.2. The Morgan fingerprint density at radius 3 is 1.58 bits per heavy atom. The van der Waals surface area contributed by atoms with E-state index in [2.05, 4.69) is 34.7 Å². The lowest BCUT2D eigenvalue weighted by Gasteiger charge is -2.10. The number of hydrogen-bond donors (Lipinski definition) is 0. The normalized spacial score (nSPS) is 19.4. The molecular weight excluding hydrogens is 359 g/mol. The molecule has 0 aromatic heterocycles. The molecule has 106 valence electrons. The van der Waals surface area contributed by atoms with E-state index in [1.165, 1.54) is 14.7 Å². The van der Waals surface area contributed by atoms with Gasteiger partial charge in [0, 0.05) is 3.57 Å². The smallest absolute Gasteiger partial charge is 0.0728 e. The summed E-state index contributed by atoms with van der Waals surface area (Å²) >= 11 is 2.35. The first-order valence-electron chi connectivity index (χ1n) is 6.45. The van der Waals surface area contributed by atoms with Crippen LogP contribution in [0.25, 0.3) is 0 Å². The Hall–Kier alpha value is -0.210. The highest BCUT2D eigenvalue weighted by Gasteiger charge is 2.06. The molecule has 0 radical (unpaired) electrons. The average molecular weight is 378 g/mol. The van der Waals surface area contributed by atoms with Crippen LogP contribution in [0.1, 0.15) is 11.1 Å². The summed E-state index contributed by atoms with van der Waals surface area (Å²) in [5.41, 5.74) is 2.40. The molecule has 0 spiro atoms. The molecule has 0 unspecified atom stereocenters. The molecule has 1 heterocycles. The van der Waals surface area contributed by atoms with Crippen LogP contribution in [0.15, 0.2) is 18.2 Å². The molecule has 0 saturated heterocycles. The van der Waals surface area contributed by atoms with E-state index >= 15 is 0 Å². The predicted molar refractivity (Wildman–Crippen MR) is 80.1 cm³/mol. The van der Waals surface area contributed by atoms with Crippen molar-refractivity contribution in [3.05, 3.63) is 32.9 Å². The van der Waals surface area contributed by atoms with E-state index in [0.717, 1.165) is 0 Å². The van der Waals surface area contributed by atoms with Crippen LogP contribution in [-0.2, 0) is 32.2 Å². The second-order valence-electron chi connectivity index (χ2n) is 4.22. The second kappa shape index (κ2) is 8.86. The zero-order valence-corrected chi connectivity index (χ0v) is 13.1. The minimum absolute atomic E-state index is 0.606. The fourth-order valence-electron chi connectivity index (χ4n) is 1.78. The van der Waals surface area contributed by atoms with E-state index < -0.39 is 0 Å². The number of fused-ring (bicyclic) bond motifs is 2. The molecule has 5 heteroatoms. The minimum Gasteiger partial charge on any atom is -0.377 e. The van der Waals surface area contributed by atoms with Gasteiger partial charge in [0.15, 0.2) is 0 Å². The zero-order valence-electron chi connectivity index (χ0n) is 10.9. The molecular formula is C14H19IO4. The molecule has 1 aromatic rings. The Morgan fingerprint density at radius 1 is 0.684 bits per heavy atom. The molecule has 1 aliphatic rings. The summed E-state index contributed by atoms with van der Waals surface area (Å²) in [6.07, 6.45) is 0. The molecule has 0 amide bonds. The largest absolute Gasteiger partial charge is 0.377 e. The highest BCUT2D eigenvalue weighted by molar-refractivity contribution is 14.1. The van der Waals surface area contributed by atoms with Gasteiger partial charge in [-0.3, -0.25) is 0 Å². The van der Waals surface area contributed by atoms with Gasteiger partial charge in [-0.2, -0.15) is 0 Å². The van der Waals surface area contributed by atoms with Gasteiger partial charge in [0.05, 0.1) is 52.9 Å². The maximum atomic E-state index is 5.62. The van der Waals surface area contributed by atoms with Crippen LogP contribution in [0.4, 0.5) is 0 Å². The molecule has 1 aromatic carbocycles. The summed E-state index contributed by atoms with van der Waals surface area (Å²) in [5.74, 6) is 0. The fourth-order valence-corrected chi connectivity index (χ4v) is 2.45. The molecule has 0 aliphatic carbocycles. The topological polar surface area (TPSA) is 36.9 Å². The van der Waals surface area contributed by atoms with Crippen molar-refractivity contribution in [1.29, 1.82) is 0 Å². The average Bonchev–Trinajstić information content (AvgIpc) is 2.42. The van der Waals surface area contributed by atoms with E-state index in [-0.39, 0.29) is 0 Å². The summed E-state index contributed by atoms with van der Waals surface area (Å²) < 4.78 is 23.3. The lowest BCUT2D eigenvalue weighted by molar-refractivity contribution is -0.00523. The van der Waals surface area contributed by atoms with Gasteiger partial charge in [-0.1, -0.05) is 18.2 Å². The third-order valence-electron chi connectivity index (χ3n) is 2.79. The number of ether oxygens (including phenoxy) is 4. The Morgan fingerprint density at radius 2 is 1.11 bits per heavy atom. The molecule has 19 heavy (non-hydrogen) atoms. The predicted octanol–water partition coefficient (Wildman–Crippen LogP) is 2.37. The molecule has 4 nitrogen and oxygen atoms in total. The highest BCUT2D eigenvalue weighted by atomic mass is 127. The molecule has 0 N–H and O–H groups in total. The number of halogens is 1. The van der Waals surface area contributed by atoms with Gasteiger partial charge in [-0.25, -0.2) is 0 Å². The maximum Gasteiger partial charge on any atom is 0.0728 e. The van der Waals surface area contributed by atoms with Gasteiger partial charge >= 0.3 is 0 Å². The van der Waals surface area contributed by atoms with Crippen molar-refractivity contribution >= 4 is 22.6 Å². The van der Waals surface area contributed by atoms with Gasteiger partial charge < -0.3 is 18.9 Å². The van der Waals surface area contributed by atoms with E-state index in [4.69, 9.17) is 18.9 Å². The highest BCUT2D eigenvalue weighted by Crippen LogP contribution is 2.19. The van der Waals surface area contributed by atoms with Crippen molar-refractivity contribution in [3.63, 3.8) is 0 Å². The van der Waals surface area contributed by atoms with Gasteiger partial charge in [0.25, 0.3) is 0 Å². The lowest BCUT2D eigenvalue weighted by Crippen LogP contribution is -2.11. The van der Waals surface area contributed by atoms with Crippen molar-refractivity contribution in [2.45, 2.75) is 13.2 Å². The van der Waals surface area contributed by atoms with Crippen LogP contribution in [0.3, 0.4) is 0 Å². The molecule has 1 aliphatic heterocycles. The molecule has 2 bridgehead atoms. The Bertz CT molecular complexity index is 351. The first-order valence-corrected chi connectivity index (χ1v) is 7.53. The molecule has 0 atom stereocenters. The second-order valence-corrected chi connectivity index (χ2v) is 5.30. The van der Waals surface area contributed by atoms with E-state index in [0.29, 0.717) is 52.9 Å². The van der Waals surface area contributed by atoms with Crippen molar-refractivity contribution in [2.24, 2.45) is 0 Å². The summed E-state index contributed by atoms with van der Waals surface area (Å²) in [6.45, 7) is 4.88.